The molecule has 184 valence electrons. The Balaban J connectivity index is 0.889. The highest BCUT2D eigenvalue weighted by molar-refractivity contribution is 7.12. The molecule has 2 aromatic heterocycles. The van der Waals surface area contributed by atoms with Crippen molar-refractivity contribution in [2.75, 3.05) is 13.1 Å². The van der Waals surface area contributed by atoms with Gasteiger partial charge in [-0.05, 0) is 88.3 Å². The van der Waals surface area contributed by atoms with Gasteiger partial charge in [0.1, 0.15) is 0 Å². The lowest BCUT2D eigenvalue weighted by Gasteiger charge is -2.60. The van der Waals surface area contributed by atoms with E-state index in [1.807, 2.05) is 42.8 Å². The smallest absolute Gasteiger partial charge is 0.252 e. The van der Waals surface area contributed by atoms with Gasteiger partial charge in [0, 0.05) is 48.1 Å². The molecule has 4 aliphatic carbocycles. The SMILES string of the molecule is Cn1cc2c(C(=O)N[C@H]3CC[C@H](CCN4CCc5sc(C67CC(C6)C7)nc5C4)CC3)cccc2n1. The third-order valence-electron chi connectivity index (χ3n) is 9.24. The molecule has 35 heavy (non-hydrogen) atoms. The van der Waals surface area contributed by atoms with Crippen LogP contribution in [0.2, 0.25) is 0 Å². The van der Waals surface area contributed by atoms with E-state index in [4.69, 9.17) is 4.98 Å². The van der Waals surface area contributed by atoms with Crippen molar-refractivity contribution >= 4 is 28.1 Å². The van der Waals surface area contributed by atoms with Gasteiger partial charge < -0.3 is 5.32 Å². The van der Waals surface area contributed by atoms with Crippen molar-refractivity contribution < 1.29 is 4.79 Å². The van der Waals surface area contributed by atoms with Crippen LogP contribution in [0.3, 0.4) is 0 Å². The predicted molar refractivity (Wildman–Crippen MR) is 139 cm³/mol. The second kappa shape index (κ2) is 8.41. The molecule has 0 atom stereocenters. The van der Waals surface area contributed by atoms with Crippen LogP contribution in [0.4, 0.5) is 0 Å². The van der Waals surface area contributed by atoms with Gasteiger partial charge in [-0.25, -0.2) is 4.98 Å². The first-order valence-electron chi connectivity index (χ1n) is 13.5. The third-order valence-corrected chi connectivity index (χ3v) is 10.6. The quantitative estimate of drug-likeness (QED) is 0.539. The average molecular weight is 490 g/mol. The molecule has 0 saturated heterocycles. The first-order valence-corrected chi connectivity index (χ1v) is 14.3. The van der Waals surface area contributed by atoms with Crippen molar-refractivity contribution in [2.24, 2.45) is 18.9 Å². The summed E-state index contributed by atoms with van der Waals surface area (Å²) in [6, 6.07) is 6.08. The minimum atomic E-state index is 0.0395. The van der Waals surface area contributed by atoms with E-state index in [0.29, 0.717) is 5.41 Å². The number of benzene rings is 1. The topological polar surface area (TPSA) is 63.1 Å². The molecule has 8 rings (SSSR count). The van der Waals surface area contributed by atoms with E-state index < -0.39 is 0 Å². The molecular formula is C28H35N5OS. The molecule has 1 N–H and O–H groups in total. The normalized spacial score (nSPS) is 29.9. The van der Waals surface area contributed by atoms with Crippen molar-refractivity contribution in [3.8, 4) is 0 Å². The van der Waals surface area contributed by atoms with Crippen LogP contribution < -0.4 is 5.32 Å². The zero-order valence-corrected chi connectivity index (χ0v) is 21.4. The molecule has 1 aromatic carbocycles. The van der Waals surface area contributed by atoms with E-state index in [0.717, 1.165) is 47.7 Å². The molecule has 0 unspecified atom stereocenters. The first kappa shape index (κ1) is 22.0. The fourth-order valence-corrected chi connectivity index (χ4v) is 8.27. The summed E-state index contributed by atoms with van der Waals surface area (Å²) in [5, 5.41) is 10.1. The van der Waals surface area contributed by atoms with Gasteiger partial charge in [-0.2, -0.15) is 5.10 Å². The molecule has 3 aromatic rings. The Labute approximate surface area is 211 Å². The molecule has 0 spiro atoms. The van der Waals surface area contributed by atoms with Crippen LogP contribution >= 0.6 is 11.3 Å². The minimum absolute atomic E-state index is 0.0395. The van der Waals surface area contributed by atoms with Gasteiger partial charge in [0.2, 0.25) is 0 Å². The van der Waals surface area contributed by atoms with Crippen molar-refractivity contribution in [2.45, 2.75) is 75.8 Å². The summed E-state index contributed by atoms with van der Waals surface area (Å²) in [5.41, 5.74) is 3.51. The lowest BCUT2D eigenvalue weighted by Crippen LogP contribution is -2.55. The number of carbonyl (C=O) groups excluding carboxylic acids is 1. The Morgan fingerprint density at radius 1 is 1.20 bits per heavy atom. The second-order valence-corrected chi connectivity index (χ2v) is 12.8. The molecular weight excluding hydrogens is 454 g/mol. The Hall–Kier alpha value is -2.25. The fraction of sp³-hybridized carbons (Fsp3) is 0.607. The van der Waals surface area contributed by atoms with Gasteiger partial charge in [-0.15, -0.1) is 11.3 Å². The Bertz CT molecular complexity index is 1250. The number of rotatable bonds is 6. The monoisotopic (exact) mass is 489 g/mol. The number of aromatic nitrogens is 3. The average Bonchev–Trinajstić information content (AvgIpc) is 3.38. The van der Waals surface area contributed by atoms with Gasteiger partial charge >= 0.3 is 0 Å². The lowest BCUT2D eigenvalue weighted by atomic mass is 9.45. The number of hydrogen-bond donors (Lipinski definition) is 1. The minimum Gasteiger partial charge on any atom is -0.349 e. The van der Waals surface area contributed by atoms with Crippen LogP contribution in [0.15, 0.2) is 24.4 Å². The second-order valence-electron chi connectivity index (χ2n) is 11.7. The molecule has 3 heterocycles. The maximum atomic E-state index is 13.0. The van der Waals surface area contributed by atoms with Crippen molar-refractivity contribution in [3.63, 3.8) is 0 Å². The molecule has 4 saturated carbocycles. The number of hydrogen-bond acceptors (Lipinski definition) is 5. The van der Waals surface area contributed by atoms with Crippen LogP contribution in [0.5, 0.6) is 0 Å². The summed E-state index contributed by atoms with van der Waals surface area (Å²) < 4.78 is 1.78. The molecule has 1 amide bonds. The van der Waals surface area contributed by atoms with E-state index in [2.05, 4.69) is 15.3 Å². The number of thiazole rings is 1. The Kier molecular flexibility index (Phi) is 5.28. The summed E-state index contributed by atoms with van der Waals surface area (Å²) in [6.45, 7) is 3.43. The Morgan fingerprint density at radius 3 is 2.80 bits per heavy atom. The maximum Gasteiger partial charge on any atom is 0.252 e. The summed E-state index contributed by atoms with van der Waals surface area (Å²) in [4.78, 5) is 22.3. The van der Waals surface area contributed by atoms with Crippen LogP contribution in [-0.4, -0.2) is 44.7 Å². The van der Waals surface area contributed by atoms with Crippen molar-refractivity contribution in [1.82, 2.24) is 25.0 Å². The molecule has 1 aliphatic heterocycles. The number of aryl methyl sites for hydroxylation is 1. The summed E-state index contributed by atoms with van der Waals surface area (Å²) in [6.07, 6.45) is 13.2. The van der Waals surface area contributed by atoms with Crippen LogP contribution in [-0.2, 0) is 25.4 Å². The van der Waals surface area contributed by atoms with Crippen LogP contribution in [0.25, 0.3) is 10.9 Å². The van der Waals surface area contributed by atoms with Crippen LogP contribution in [0.1, 0.15) is 77.3 Å². The summed E-state index contributed by atoms with van der Waals surface area (Å²) in [5.74, 6) is 1.84. The van der Waals surface area contributed by atoms with Crippen LogP contribution in [0, 0.1) is 11.8 Å². The number of carbonyl (C=O) groups is 1. The van der Waals surface area contributed by atoms with Crippen molar-refractivity contribution in [1.29, 1.82) is 0 Å². The molecule has 6 nitrogen and oxygen atoms in total. The zero-order valence-electron chi connectivity index (χ0n) is 20.6. The van der Waals surface area contributed by atoms with Crippen molar-refractivity contribution in [3.05, 3.63) is 45.5 Å². The summed E-state index contributed by atoms with van der Waals surface area (Å²) in [7, 11) is 1.90. The fourth-order valence-electron chi connectivity index (χ4n) is 6.99. The Morgan fingerprint density at radius 2 is 2.03 bits per heavy atom. The highest BCUT2D eigenvalue weighted by Crippen LogP contribution is 2.65. The lowest BCUT2D eigenvalue weighted by molar-refractivity contribution is -0.0276. The standard InChI is InChI=1S/C28H35N5OS/c1-32-16-22-21(3-2-4-23(22)31-32)26(34)29-20-7-5-18(6-8-20)9-11-33-12-10-25-24(17-33)30-27(35-25)28-13-19(14-28)15-28/h2-4,16,18-20H,5-15,17H2,1H3,(H,29,34)/t18-,19?,20-,28?. The molecule has 7 heteroatoms. The van der Waals surface area contributed by atoms with E-state index in [1.165, 1.54) is 68.7 Å². The molecule has 5 aliphatic rings. The number of nitrogens with one attached hydrogen (secondary N) is 1. The van der Waals surface area contributed by atoms with E-state index in [-0.39, 0.29) is 11.9 Å². The van der Waals surface area contributed by atoms with E-state index in [9.17, 15) is 4.79 Å². The zero-order chi connectivity index (χ0) is 23.6. The molecule has 0 radical (unpaired) electrons. The van der Waals surface area contributed by atoms with Gasteiger partial charge in [0.05, 0.1) is 21.8 Å². The number of fused-ring (bicyclic) bond motifs is 2. The summed E-state index contributed by atoms with van der Waals surface area (Å²) >= 11 is 2.03. The number of amides is 1. The van der Waals surface area contributed by atoms with Gasteiger partial charge in [0.15, 0.2) is 0 Å². The van der Waals surface area contributed by atoms with Gasteiger partial charge in [-0.3, -0.25) is 14.4 Å². The highest BCUT2D eigenvalue weighted by Gasteiger charge is 2.59. The first-order chi connectivity index (χ1) is 17.0. The highest BCUT2D eigenvalue weighted by atomic mass is 32.1. The molecule has 4 fully saturated rings. The molecule has 2 bridgehead atoms. The maximum absolute atomic E-state index is 13.0. The predicted octanol–water partition coefficient (Wildman–Crippen LogP) is 4.82. The van der Waals surface area contributed by atoms with Gasteiger partial charge in [0.25, 0.3) is 5.91 Å². The van der Waals surface area contributed by atoms with Gasteiger partial charge in [-0.1, -0.05) is 6.07 Å². The van der Waals surface area contributed by atoms with E-state index >= 15 is 0 Å². The number of nitrogens with zero attached hydrogens (tertiary/aromatic N) is 4. The third kappa shape index (κ3) is 3.91. The largest absolute Gasteiger partial charge is 0.349 e. The van der Waals surface area contributed by atoms with E-state index in [1.54, 1.807) is 9.56 Å².